The monoisotopic (exact) mass is 315 g/mol. The molecule has 0 saturated carbocycles. The first-order valence-electron chi connectivity index (χ1n) is 7.99. The SMILES string of the molecule is CC(c1ccc(C#N)cc1)N1CC(c2ccnc3[nH]ccc23)C=N1. The molecule has 0 aliphatic carbocycles. The van der Waals surface area contributed by atoms with Crippen molar-refractivity contribution in [1.29, 1.82) is 5.26 Å². The molecule has 5 nitrogen and oxygen atoms in total. The number of hydrogen-bond acceptors (Lipinski definition) is 4. The van der Waals surface area contributed by atoms with E-state index in [1.54, 1.807) is 0 Å². The van der Waals surface area contributed by atoms with Crippen molar-refractivity contribution in [2.45, 2.75) is 18.9 Å². The Kier molecular flexibility index (Phi) is 3.51. The van der Waals surface area contributed by atoms with Crippen molar-refractivity contribution in [1.82, 2.24) is 15.0 Å². The van der Waals surface area contributed by atoms with Crippen molar-refractivity contribution in [2.24, 2.45) is 5.10 Å². The van der Waals surface area contributed by atoms with Crippen LogP contribution in [0.1, 0.15) is 35.6 Å². The lowest BCUT2D eigenvalue weighted by Gasteiger charge is -2.24. The largest absolute Gasteiger partial charge is 0.346 e. The molecular formula is C19H17N5. The number of nitrogens with zero attached hydrogens (tertiary/aromatic N) is 4. The number of benzene rings is 1. The van der Waals surface area contributed by atoms with Gasteiger partial charge in [0.05, 0.1) is 17.7 Å². The number of H-pyrrole nitrogens is 1. The number of fused-ring (bicyclic) bond motifs is 1. The van der Waals surface area contributed by atoms with Crippen LogP contribution in [-0.4, -0.2) is 27.7 Å². The molecule has 0 fully saturated rings. The summed E-state index contributed by atoms with van der Waals surface area (Å²) in [6.07, 6.45) is 5.78. The standard InChI is InChI=1S/C19H17N5/c1-13(15-4-2-14(10-20)3-5-15)24-12-16(11-23-24)17-6-8-21-19-18(17)7-9-22-19/h2-9,11,13,16H,12H2,1H3,(H,21,22). The van der Waals surface area contributed by atoms with Gasteiger partial charge in [-0.2, -0.15) is 10.4 Å². The van der Waals surface area contributed by atoms with E-state index in [-0.39, 0.29) is 12.0 Å². The predicted molar refractivity (Wildman–Crippen MR) is 93.6 cm³/mol. The summed E-state index contributed by atoms with van der Waals surface area (Å²) < 4.78 is 0. The van der Waals surface area contributed by atoms with Crippen molar-refractivity contribution in [3.05, 3.63) is 65.5 Å². The molecule has 2 atom stereocenters. The molecule has 1 aliphatic rings. The molecule has 1 aromatic carbocycles. The van der Waals surface area contributed by atoms with Gasteiger partial charge < -0.3 is 4.98 Å². The van der Waals surface area contributed by atoms with Crippen LogP contribution in [0, 0.1) is 11.3 Å². The van der Waals surface area contributed by atoms with Crippen LogP contribution < -0.4 is 0 Å². The van der Waals surface area contributed by atoms with Gasteiger partial charge in [0, 0.05) is 36.5 Å². The molecule has 2 aromatic heterocycles. The lowest BCUT2D eigenvalue weighted by Crippen LogP contribution is -2.21. The quantitative estimate of drug-likeness (QED) is 0.803. The summed E-state index contributed by atoms with van der Waals surface area (Å²) in [6, 6.07) is 14.2. The van der Waals surface area contributed by atoms with Crippen LogP contribution in [0.2, 0.25) is 0 Å². The van der Waals surface area contributed by atoms with E-state index in [0.29, 0.717) is 5.56 Å². The minimum absolute atomic E-state index is 0.169. The summed E-state index contributed by atoms with van der Waals surface area (Å²) in [6.45, 7) is 2.98. The van der Waals surface area contributed by atoms with Gasteiger partial charge in [0.25, 0.3) is 0 Å². The van der Waals surface area contributed by atoms with Crippen LogP contribution in [0.5, 0.6) is 0 Å². The number of aromatic nitrogens is 2. The van der Waals surface area contributed by atoms with Gasteiger partial charge in [0.2, 0.25) is 0 Å². The zero-order valence-corrected chi connectivity index (χ0v) is 13.3. The fourth-order valence-electron chi connectivity index (χ4n) is 3.21. The first kappa shape index (κ1) is 14.5. The molecule has 1 aliphatic heterocycles. The first-order chi connectivity index (χ1) is 11.8. The number of rotatable bonds is 3. The van der Waals surface area contributed by atoms with Crippen LogP contribution in [-0.2, 0) is 0 Å². The lowest BCUT2D eigenvalue weighted by molar-refractivity contribution is 0.239. The van der Waals surface area contributed by atoms with E-state index in [0.717, 1.165) is 23.1 Å². The molecule has 0 spiro atoms. The highest BCUT2D eigenvalue weighted by molar-refractivity contribution is 5.85. The second-order valence-electron chi connectivity index (χ2n) is 6.04. The lowest BCUT2D eigenvalue weighted by atomic mass is 9.98. The number of pyridine rings is 1. The van der Waals surface area contributed by atoms with Crippen molar-refractivity contribution in [3.63, 3.8) is 0 Å². The van der Waals surface area contributed by atoms with Gasteiger partial charge in [0.15, 0.2) is 0 Å². The Balaban J connectivity index is 1.55. The average Bonchev–Trinajstić information content (AvgIpc) is 3.30. The third-order valence-electron chi connectivity index (χ3n) is 4.64. The minimum Gasteiger partial charge on any atom is -0.346 e. The molecule has 1 N–H and O–H groups in total. The van der Waals surface area contributed by atoms with E-state index >= 15 is 0 Å². The zero-order chi connectivity index (χ0) is 16.5. The number of nitriles is 1. The Labute approximate surface area is 140 Å². The van der Waals surface area contributed by atoms with Crippen LogP contribution >= 0.6 is 0 Å². The fourth-order valence-corrected chi connectivity index (χ4v) is 3.21. The first-order valence-corrected chi connectivity index (χ1v) is 7.99. The van der Waals surface area contributed by atoms with Gasteiger partial charge in [-0.05, 0) is 42.3 Å². The van der Waals surface area contributed by atoms with E-state index in [2.05, 4.69) is 45.2 Å². The summed E-state index contributed by atoms with van der Waals surface area (Å²) in [5, 5.41) is 16.8. The molecule has 5 heteroatoms. The van der Waals surface area contributed by atoms with E-state index in [1.165, 1.54) is 5.56 Å². The Morgan fingerprint density at radius 1 is 1.25 bits per heavy atom. The van der Waals surface area contributed by atoms with Crippen molar-refractivity contribution in [3.8, 4) is 6.07 Å². The molecule has 0 amide bonds. The molecule has 118 valence electrons. The number of nitrogens with one attached hydrogen (secondary N) is 1. The molecule has 3 aromatic rings. The molecule has 4 rings (SSSR count). The maximum atomic E-state index is 8.92. The van der Waals surface area contributed by atoms with Crippen LogP contribution in [0.25, 0.3) is 11.0 Å². The smallest absolute Gasteiger partial charge is 0.137 e. The third kappa shape index (κ3) is 2.42. The van der Waals surface area contributed by atoms with E-state index in [1.807, 2.05) is 42.9 Å². The Hall–Kier alpha value is -3.13. The Morgan fingerprint density at radius 2 is 2.08 bits per heavy atom. The summed E-state index contributed by atoms with van der Waals surface area (Å²) in [5.41, 5.74) is 4.01. The second kappa shape index (κ2) is 5.82. The van der Waals surface area contributed by atoms with Crippen molar-refractivity contribution < 1.29 is 0 Å². The van der Waals surface area contributed by atoms with E-state index in [4.69, 9.17) is 5.26 Å². The zero-order valence-electron chi connectivity index (χ0n) is 13.3. The molecule has 0 saturated heterocycles. The third-order valence-corrected chi connectivity index (χ3v) is 4.64. The second-order valence-corrected chi connectivity index (χ2v) is 6.04. The van der Waals surface area contributed by atoms with Crippen LogP contribution in [0.4, 0.5) is 0 Å². The maximum absolute atomic E-state index is 8.92. The van der Waals surface area contributed by atoms with Crippen molar-refractivity contribution >= 4 is 17.2 Å². The molecule has 2 unspecified atom stereocenters. The number of hydrogen-bond donors (Lipinski definition) is 1. The highest BCUT2D eigenvalue weighted by atomic mass is 15.5. The number of hydrazone groups is 1. The summed E-state index contributed by atoms with van der Waals surface area (Å²) in [5.74, 6) is 0.257. The van der Waals surface area contributed by atoms with E-state index in [9.17, 15) is 0 Å². The van der Waals surface area contributed by atoms with E-state index < -0.39 is 0 Å². The van der Waals surface area contributed by atoms with Crippen LogP contribution in [0.3, 0.4) is 0 Å². The predicted octanol–water partition coefficient (Wildman–Crippen LogP) is 3.58. The highest BCUT2D eigenvalue weighted by Gasteiger charge is 2.25. The molecule has 3 heterocycles. The molecular weight excluding hydrogens is 298 g/mol. The van der Waals surface area contributed by atoms with Gasteiger partial charge in [0.1, 0.15) is 5.65 Å². The van der Waals surface area contributed by atoms with Gasteiger partial charge in [-0.25, -0.2) is 4.98 Å². The Morgan fingerprint density at radius 3 is 2.88 bits per heavy atom. The molecule has 0 radical (unpaired) electrons. The van der Waals surface area contributed by atoms with Crippen LogP contribution in [0.15, 0.2) is 53.9 Å². The fraction of sp³-hybridized carbons (Fsp3) is 0.211. The average molecular weight is 315 g/mol. The highest BCUT2D eigenvalue weighted by Crippen LogP contribution is 2.31. The molecule has 24 heavy (non-hydrogen) atoms. The summed E-state index contributed by atoms with van der Waals surface area (Å²) >= 11 is 0. The van der Waals surface area contributed by atoms with Gasteiger partial charge in [-0.1, -0.05) is 12.1 Å². The summed E-state index contributed by atoms with van der Waals surface area (Å²) in [4.78, 5) is 7.51. The Bertz CT molecular complexity index is 932. The summed E-state index contributed by atoms with van der Waals surface area (Å²) in [7, 11) is 0. The van der Waals surface area contributed by atoms with Gasteiger partial charge in [-0.3, -0.25) is 5.01 Å². The van der Waals surface area contributed by atoms with Crippen molar-refractivity contribution in [2.75, 3.05) is 6.54 Å². The van der Waals surface area contributed by atoms with Gasteiger partial charge >= 0.3 is 0 Å². The molecule has 0 bridgehead atoms. The number of aromatic amines is 1. The topological polar surface area (TPSA) is 68.1 Å². The maximum Gasteiger partial charge on any atom is 0.137 e. The normalized spacial score (nSPS) is 18.0. The minimum atomic E-state index is 0.169. The van der Waals surface area contributed by atoms with Gasteiger partial charge in [-0.15, -0.1) is 0 Å².